The number of nitrogens with zero attached hydrogens (tertiary/aromatic N) is 1. The van der Waals surface area contributed by atoms with Gasteiger partial charge in [-0.05, 0) is 61.6 Å². The molecule has 1 fully saturated rings. The van der Waals surface area contributed by atoms with Gasteiger partial charge in [-0.1, -0.05) is 24.3 Å². The highest BCUT2D eigenvalue weighted by molar-refractivity contribution is 5.77. The van der Waals surface area contributed by atoms with Crippen LogP contribution in [-0.2, 0) is 5.54 Å². The van der Waals surface area contributed by atoms with Gasteiger partial charge in [-0.3, -0.25) is 0 Å². The number of urea groups is 1. The fourth-order valence-electron chi connectivity index (χ4n) is 3.88. The molecule has 0 aliphatic carbocycles. The summed E-state index contributed by atoms with van der Waals surface area (Å²) < 4.78 is 18.6. The molecular weight excluding hydrogens is 359 g/mol. The zero-order chi connectivity index (χ0) is 20.1. The molecule has 1 aliphatic rings. The zero-order valence-electron chi connectivity index (χ0n) is 16.3. The highest BCUT2D eigenvalue weighted by Gasteiger charge is 2.40. The van der Waals surface area contributed by atoms with Crippen molar-refractivity contribution in [1.29, 1.82) is 0 Å². The molecular formula is C22H27FN2O3. The lowest BCUT2D eigenvalue weighted by Crippen LogP contribution is -2.58. The Morgan fingerprint density at radius 2 is 1.89 bits per heavy atom. The van der Waals surface area contributed by atoms with E-state index in [1.54, 1.807) is 19.2 Å². The van der Waals surface area contributed by atoms with Crippen LogP contribution in [0.3, 0.4) is 0 Å². The summed E-state index contributed by atoms with van der Waals surface area (Å²) >= 11 is 0. The van der Waals surface area contributed by atoms with Gasteiger partial charge < -0.3 is 20.1 Å². The predicted molar refractivity (Wildman–Crippen MR) is 106 cm³/mol. The maximum atomic E-state index is 13.4. The Morgan fingerprint density at radius 3 is 2.46 bits per heavy atom. The van der Waals surface area contributed by atoms with Crippen molar-refractivity contribution in [2.24, 2.45) is 0 Å². The fraction of sp³-hybridized carbons (Fsp3) is 0.409. The number of carbonyl (C=O) groups is 1. The third-order valence-electron chi connectivity index (χ3n) is 5.61. The van der Waals surface area contributed by atoms with E-state index in [0.717, 1.165) is 16.9 Å². The SMILES string of the molecule is COc1ccc([C@H](C)N2CCC(CCCO)(c3ccc(F)cc3)NC2=O)cc1. The van der Waals surface area contributed by atoms with E-state index >= 15 is 0 Å². The number of rotatable bonds is 7. The molecule has 150 valence electrons. The monoisotopic (exact) mass is 386 g/mol. The highest BCUT2D eigenvalue weighted by Crippen LogP contribution is 2.36. The van der Waals surface area contributed by atoms with Crippen molar-refractivity contribution in [1.82, 2.24) is 10.2 Å². The molecule has 28 heavy (non-hydrogen) atoms. The van der Waals surface area contributed by atoms with Crippen LogP contribution in [0.5, 0.6) is 5.75 Å². The zero-order valence-corrected chi connectivity index (χ0v) is 16.3. The Kier molecular flexibility index (Phi) is 6.19. The Labute approximate surface area is 165 Å². The summed E-state index contributed by atoms with van der Waals surface area (Å²) in [5, 5.41) is 12.5. The van der Waals surface area contributed by atoms with Gasteiger partial charge in [0.1, 0.15) is 11.6 Å². The standard InChI is InChI=1S/C22H27FN2O3/c1-16(17-4-10-20(28-2)11-5-17)25-14-13-22(12-3-15-26,24-21(25)27)18-6-8-19(23)9-7-18/h4-11,16,26H,3,12-15H2,1-2H3,(H,24,27)/t16-,22?/m0/s1. The van der Waals surface area contributed by atoms with Gasteiger partial charge in [0.2, 0.25) is 0 Å². The van der Waals surface area contributed by atoms with E-state index in [9.17, 15) is 14.3 Å². The molecule has 2 amide bonds. The van der Waals surface area contributed by atoms with Crippen LogP contribution < -0.4 is 10.1 Å². The molecule has 1 saturated heterocycles. The summed E-state index contributed by atoms with van der Waals surface area (Å²) in [7, 11) is 1.62. The lowest BCUT2D eigenvalue weighted by atomic mass is 9.81. The van der Waals surface area contributed by atoms with E-state index in [1.807, 2.05) is 36.1 Å². The van der Waals surface area contributed by atoms with Gasteiger partial charge in [-0.2, -0.15) is 0 Å². The van der Waals surface area contributed by atoms with Crippen LogP contribution in [0.4, 0.5) is 9.18 Å². The second-order valence-corrected chi connectivity index (χ2v) is 7.24. The second-order valence-electron chi connectivity index (χ2n) is 7.24. The molecule has 1 aliphatic heterocycles. The highest BCUT2D eigenvalue weighted by atomic mass is 19.1. The van der Waals surface area contributed by atoms with E-state index in [0.29, 0.717) is 25.8 Å². The number of nitrogens with one attached hydrogen (secondary N) is 1. The average Bonchev–Trinajstić information content (AvgIpc) is 2.72. The third-order valence-corrected chi connectivity index (χ3v) is 5.61. The fourth-order valence-corrected chi connectivity index (χ4v) is 3.88. The Morgan fingerprint density at radius 1 is 1.21 bits per heavy atom. The number of halogens is 1. The van der Waals surface area contributed by atoms with Crippen molar-refractivity contribution < 1.29 is 19.0 Å². The number of carbonyl (C=O) groups excluding carboxylic acids is 1. The van der Waals surface area contributed by atoms with Crippen molar-refractivity contribution in [2.45, 2.75) is 37.8 Å². The van der Waals surface area contributed by atoms with Crippen LogP contribution in [0.1, 0.15) is 43.4 Å². The Hall–Kier alpha value is -2.60. The van der Waals surface area contributed by atoms with Crippen molar-refractivity contribution in [2.75, 3.05) is 20.3 Å². The smallest absolute Gasteiger partial charge is 0.318 e. The molecule has 2 aromatic rings. The third kappa shape index (κ3) is 4.12. The van der Waals surface area contributed by atoms with E-state index in [4.69, 9.17) is 4.74 Å². The van der Waals surface area contributed by atoms with E-state index in [-0.39, 0.29) is 24.5 Å². The molecule has 5 nitrogen and oxygen atoms in total. The molecule has 0 spiro atoms. The van der Waals surface area contributed by atoms with Crippen molar-refractivity contribution in [3.63, 3.8) is 0 Å². The van der Waals surface area contributed by atoms with Crippen LogP contribution in [-0.4, -0.2) is 36.3 Å². The normalized spacial score (nSPS) is 20.6. The van der Waals surface area contributed by atoms with Gasteiger partial charge in [0.25, 0.3) is 0 Å². The molecule has 0 aromatic heterocycles. The van der Waals surface area contributed by atoms with Gasteiger partial charge in [-0.15, -0.1) is 0 Å². The van der Waals surface area contributed by atoms with Crippen LogP contribution in [0.15, 0.2) is 48.5 Å². The molecule has 0 saturated carbocycles. The largest absolute Gasteiger partial charge is 0.497 e. The number of hydrogen-bond acceptors (Lipinski definition) is 3. The van der Waals surface area contributed by atoms with Gasteiger partial charge in [-0.25, -0.2) is 9.18 Å². The number of methoxy groups -OCH3 is 1. The second kappa shape index (κ2) is 8.61. The molecule has 2 aromatic carbocycles. The summed E-state index contributed by atoms with van der Waals surface area (Å²) in [4.78, 5) is 14.8. The first kappa shape index (κ1) is 20.1. The number of hydrogen-bond donors (Lipinski definition) is 2. The molecule has 0 radical (unpaired) electrons. The van der Waals surface area contributed by atoms with E-state index in [2.05, 4.69) is 5.32 Å². The molecule has 2 atom stereocenters. The molecule has 2 N–H and O–H groups in total. The summed E-state index contributed by atoms with van der Waals surface area (Å²) in [6, 6.07) is 13.7. The quantitative estimate of drug-likeness (QED) is 0.757. The van der Waals surface area contributed by atoms with Crippen LogP contribution in [0.25, 0.3) is 0 Å². The van der Waals surface area contributed by atoms with E-state index in [1.165, 1.54) is 12.1 Å². The lowest BCUT2D eigenvalue weighted by Gasteiger charge is -2.45. The average molecular weight is 386 g/mol. The molecule has 3 rings (SSSR count). The maximum absolute atomic E-state index is 13.4. The molecule has 1 unspecified atom stereocenters. The van der Waals surface area contributed by atoms with Crippen molar-refractivity contribution in [3.05, 3.63) is 65.5 Å². The van der Waals surface area contributed by atoms with Crippen molar-refractivity contribution in [3.8, 4) is 5.75 Å². The minimum Gasteiger partial charge on any atom is -0.497 e. The van der Waals surface area contributed by atoms with Gasteiger partial charge in [0.15, 0.2) is 0 Å². The van der Waals surface area contributed by atoms with Crippen LogP contribution in [0.2, 0.25) is 0 Å². The molecule has 1 heterocycles. The van der Waals surface area contributed by atoms with E-state index < -0.39 is 5.54 Å². The summed E-state index contributed by atoms with van der Waals surface area (Å²) in [5.41, 5.74) is 1.30. The first-order valence-electron chi connectivity index (χ1n) is 9.59. The van der Waals surface area contributed by atoms with Gasteiger partial charge in [0.05, 0.1) is 18.7 Å². The van der Waals surface area contributed by atoms with Crippen LogP contribution >= 0.6 is 0 Å². The number of benzene rings is 2. The summed E-state index contributed by atoms with van der Waals surface area (Å²) in [6.07, 6.45) is 1.85. The summed E-state index contributed by atoms with van der Waals surface area (Å²) in [5.74, 6) is 0.469. The summed E-state index contributed by atoms with van der Waals surface area (Å²) in [6.45, 7) is 2.62. The molecule has 0 bridgehead atoms. The number of ether oxygens (including phenoxy) is 1. The lowest BCUT2D eigenvalue weighted by molar-refractivity contribution is 0.117. The van der Waals surface area contributed by atoms with Crippen LogP contribution in [0, 0.1) is 5.82 Å². The van der Waals surface area contributed by atoms with Gasteiger partial charge >= 0.3 is 6.03 Å². The number of amides is 2. The molecule has 6 heteroatoms. The maximum Gasteiger partial charge on any atom is 0.318 e. The predicted octanol–water partition coefficient (Wildman–Crippen LogP) is 3.98. The van der Waals surface area contributed by atoms with Gasteiger partial charge in [0, 0.05) is 13.2 Å². The Balaban J connectivity index is 1.80. The topological polar surface area (TPSA) is 61.8 Å². The minimum atomic E-state index is -0.594. The number of aliphatic hydroxyl groups is 1. The first-order valence-corrected chi connectivity index (χ1v) is 9.59. The minimum absolute atomic E-state index is 0.0464. The Bertz CT molecular complexity index is 794. The first-order chi connectivity index (χ1) is 13.5. The number of aliphatic hydroxyl groups excluding tert-OH is 1. The van der Waals surface area contributed by atoms with Crippen molar-refractivity contribution >= 4 is 6.03 Å².